The predicted molar refractivity (Wildman–Crippen MR) is 75.2 cm³/mol. The molecule has 0 heterocycles. The molecule has 0 bridgehead atoms. The Morgan fingerprint density at radius 1 is 1.00 bits per heavy atom. The minimum Gasteiger partial charge on any atom is -0.491 e. The molecule has 0 amide bonds. The zero-order chi connectivity index (χ0) is 13.2. The summed E-state index contributed by atoms with van der Waals surface area (Å²) in [7, 11) is 0. The maximum absolute atomic E-state index is 8.74. The van der Waals surface area contributed by atoms with Gasteiger partial charge >= 0.3 is 0 Å². The SMILES string of the molecule is CC(C)(C)c1ccc2cc(OCCO)ccc2c1. The second kappa shape index (κ2) is 4.99. The Balaban J connectivity index is 2.36. The van der Waals surface area contributed by atoms with Crippen molar-refractivity contribution in [2.45, 2.75) is 26.2 Å². The van der Waals surface area contributed by atoms with Gasteiger partial charge in [-0.2, -0.15) is 0 Å². The lowest BCUT2D eigenvalue weighted by Crippen LogP contribution is -2.10. The van der Waals surface area contributed by atoms with Crippen molar-refractivity contribution < 1.29 is 9.84 Å². The van der Waals surface area contributed by atoms with Crippen LogP contribution < -0.4 is 4.74 Å². The van der Waals surface area contributed by atoms with E-state index in [9.17, 15) is 0 Å². The average Bonchev–Trinajstić information content (AvgIpc) is 2.34. The molecule has 2 nitrogen and oxygen atoms in total. The highest BCUT2D eigenvalue weighted by atomic mass is 16.5. The van der Waals surface area contributed by atoms with E-state index in [2.05, 4.69) is 45.0 Å². The zero-order valence-corrected chi connectivity index (χ0v) is 11.2. The van der Waals surface area contributed by atoms with Gasteiger partial charge < -0.3 is 9.84 Å². The molecule has 18 heavy (non-hydrogen) atoms. The maximum Gasteiger partial charge on any atom is 0.120 e. The third-order valence-corrected chi connectivity index (χ3v) is 3.04. The van der Waals surface area contributed by atoms with Crippen molar-refractivity contribution in [2.75, 3.05) is 13.2 Å². The van der Waals surface area contributed by atoms with Crippen molar-refractivity contribution in [1.82, 2.24) is 0 Å². The fourth-order valence-electron chi connectivity index (χ4n) is 1.94. The zero-order valence-electron chi connectivity index (χ0n) is 11.2. The van der Waals surface area contributed by atoms with Crippen LogP contribution in [0.1, 0.15) is 26.3 Å². The molecule has 0 fully saturated rings. The molecule has 0 radical (unpaired) electrons. The lowest BCUT2D eigenvalue weighted by molar-refractivity contribution is 0.201. The summed E-state index contributed by atoms with van der Waals surface area (Å²) >= 11 is 0. The first-order valence-corrected chi connectivity index (χ1v) is 6.29. The Labute approximate surface area is 108 Å². The Kier molecular flexibility index (Phi) is 3.58. The summed E-state index contributed by atoms with van der Waals surface area (Å²) in [5.74, 6) is 0.806. The quantitative estimate of drug-likeness (QED) is 0.895. The normalized spacial score (nSPS) is 11.8. The third-order valence-electron chi connectivity index (χ3n) is 3.04. The molecule has 0 atom stereocenters. The highest BCUT2D eigenvalue weighted by Gasteiger charge is 2.13. The van der Waals surface area contributed by atoms with Gasteiger partial charge in [0.25, 0.3) is 0 Å². The van der Waals surface area contributed by atoms with Crippen LogP contribution in [0.5, 0.6) is 5.75 Å². The van der Waals surface area contributed by atoms with Gasteiger partial charge in [0, 0.05) is 0 Å². The average molecular weight is 244 g/mol. The van der Waals surface area contributed by atoms with E-state index in [1.165, 1.54) is 16.3 Å². The number of ether oxygens (including phenoxy) is 1. The summed E-state index contributed by atoms with van der Waals surface area (Å²) in [6, 6.07) is 12.5. The highest BCUT2D eigenvalue weighted by molar-refractivity contribution is 5.84. The monoisotopic (exact) mass is 244 g/mol. The van der Waals surface area contributed by atoms with Crippen LogP contribution in [0, 0.1) is 0 Å². The van der Waals surface area contributed by atoms with Gasteiger partial charge in [-0.3, -0.25) is 0 Å². The molecule has 0 aromatic heterocycles. The lowest BCUT2D eigenvalue weighted by atomic mass is 9.86. The summed E-state index contributed by atoms with van der Waals surface area (Å²) in [4.78, 5) is 0. The highest BCUT2D eigenvalue weighted by Crippen LogP contribution is 2.28. The van der Waals surface area contributed by atoms with Gasteiger partial charge in [0.05, 0.1) is 6.61 Å². The van der Waals surface area contributed by atoms with Gasteiger partial charge in [0.15, 0.2) is 0 Å². The molecule has 2 aromatic carbocycles. The van der Waals surface area contributed by atoms with Gasteiger partial charge in [-0.05, 0) is 33.9 Å². The van der Waals surface area contributed by atoms with Crippen molar-refractivity contribution in [3.63, 3.8) is 0 Å². The molecule has 0 aliphatic rings. The first-order chi connectivity index (χ1) is 8.50. The number of fused-ring (bicyclic) bond motifs is 1. The number of hydrogen-bond acceptors (Lipinski definition) is 2. The Hall–Kier alpha value is -1.54. The number of hydrogen-bond donors (Lipinski definition) is 1. The van der Waals surface area contributed by atoms with E-state index >= 15 is 0 Å². The second-order valence-electron chi connectivity index (χ2n) is 5.55. The van der Waals surface area contributed by atoms with Crippen molar-refractivity contribution in [1.29, 1.82) is 0 Å². The number of rotatable bonds is 3. The smallest absolute Gasteiger partial charge is 0.120 e. The van der Waals surface area contributed by atoms with Crippen LogP contribution in [0.15, 0.2) is 36.4 Å². The van der Waals surface area contributed by atoms with E-state index in [0.29, 0.717) is 6.61 Å². The van der Waals surface area contributed by atoms with Gasteiger partial charge in [0.2, 0.25) is 0 Å². The predicted octanol–water partition coefficient (Wildman–Crippen LogP) is 3.51. The largest absolute Gasteiger partial charge is 0.491 e. The number of aliphatic hydroxyl groups excluding tert-OH is 1. The Morgan fingerprint density at radius 3 is 2.33 bits per heavy atom. The topological polar surface area (TPSA) is 29.5 Å². The lowest BCUT2D eigenvalue weighted by Gasteiger charge is -2.19. The first kappa shape index (κ1) is 12.9. The van der Waals surface area contributed by atoms with Crippen LogP contribution in [-0.4, -0.2) is 18.3 Å². The van der Waals surface area contributed by atoms with Crippen molar-refractivity contribution >= 4 is 10.8 Å². The second-order valence-corrected chi connectivity index (χ2v) is 5.55. The van der Waals surface area contributed by atoms with Gasteiger partial charge in [-0.25, -0.2) is 0 Å². The van der Waals surface area contributed by atoms with Crippen LogP contribution >= 0.6 is 0 Å². The first-order valence-electron chi connectivity index (χ1n) is 6.29. The van der Waals surface area contributed by atoms with E-state index in [1.807, 2.05) is 12.1 Å². The van der Waals surface area contributed by atoms with Crippen LogP contribution in [0.4, 0.5) is 0 Å². The number of benzene rings is 2. The third kappa shape index (κ3) is 2.82. The van der Waals surface area contributed by atoms with Crippen LogP contribution in [0.25, 0.3) is 10.8 Å². The van der Waals surface area contributed by atoms with Crippen LogP contribution in [-0.2, 0) is 5.41 Å². The van der Waals surface area contributed by atoms with E-state index < -0.39 is 0 Å². The molecule has 0 saturated carbocycles. The molecule has 2 heteroatoms. The minimum absolute atomic E-state index is 0.0427. The standard InChI is InChI=1S/C16H20O2/c1-16(2,3)14-6-4-13-11-15(18-9-8-17)7-5-12(13)10-14/h4-7,10-11,17H,8-9H2,1-3H3. The van der Waals surface area contributed by atoms with E-state index in [0.717, 1.165) is 5.75 Å². The summed E-state index contributed by atoms with van der Waals surface area (Å²) < 4.78 is 5.41. The van der Waals surface area contributed by atoms with Crippen molar-refractivity contribution in [2.24, 2.45) is 0 Å². The van der Waals surface area contributed by atoms with Gasteiger partial charge in [-0.15, -0.1) is 0 Å². The fourth-order valence-corrected chi connectivity index (χ4v) is 1.94. The van der Waals surface area contributed by atoms with E-state index in [-0.39, 0.29) is 12.0 Å². The molecule has 2 rings (SSSR count). The van der Waals surface area contributed by atoms with Crippen molar-refractivity contribution in [3.05, 3.63) is 42.0 Å². The molecule has 0 unspecified atom stereocenters. The van der Waals surface area contributed by atoms with Crippen molar-refractivity contribution in [3.8, 4) is 5.75 Å². The molecule has 0 aliphatic carbocycles. The Morgan fingerprint density at radius 2 is 1.67 bits per heavy atom. The summed E-state index contributed by atoms with van der Waals surface area (Å²) in [5.41, 5.74) is 1.50. The summed E-state index contributed by atoms with van der Waals surface area (Å²) in [5, 5.41) is 11.1. The van der Waals surface area contributed by atoms with Crippen LogP contribution in [0.2, 0.25) is 0 Å². The van der Waals surface area contributed by atoms with Crippen LogP contribution in [0.3, 0.4) is 0 Å². The van der Waals surface area contributed by atoms with Gasteiger partial charge in [0.1, 0.15) is 12.4 Å². The minimum atomic E-state index is 0.0427. The number of aliphatic hydroxyl groups is 1. The maximum atomic E-state index is 8.74. The Bertz CT molecular complexity index is 538. The molecule has 0 aliphatic heterocycles. The fraction of sp³-hybridized carbons (Fsp3) is 0.375. The molecule has 0 spiro atoms. The molecule has 2 aromatic rings. The van der Waals surface area contributed by atoms with Gasteiger partial charge in [-0.1, -0.05) is 45.0 Å². The van der Waals surface area contributed by atoms with E-state index in [1.54, 1.807) is 0 Å². The van der Waals surface area contributed by atoms with E-state index in [4.69, 9.17) is 9.84 Å². The summed E-state index contributed by atoms with van der Waals surface area (Å²) in [6.07, 6.45) is 0. The molecule has 1 N–H and O–H groups in total. The molecule has 0 saturated heterocycles. The molecule has 96 valence electrons. The molecular formula is C16H20O2. The molecular weight excluding hydrogens is 224 g/mol. The summed E-state index contributed by atoms with van der Waals surface area (Å²) in [6.45, 7) is 7.03.